The van der Waals surface area contributed by atoms with Gasteiger partial charge >= 0.3 is 5.97 Å². The molecule has 2 N–H and O–H groups in total. The molecule has 1 fully saturated rings. The smallest absolute Gasteiger partial charge is 0.306 e. The summed E-state index contributed by atoms with van der Waals surface area (Å²) in [6.07, 6.45) is 1.05. The van der Waals surface area contributed by atoms with Gasteiger partial charge in [-0.05, 0) is 37.5 Å². The summed E-state index contributed by atoms with van der Waals surface area (Å²) in [5.41, 5.74) is 1.87. The van der Waals surface area contributed by atoms with Gasteiger partial charge in [0.05, 0.1) is 12.5 Å². The zero-order valence-electron chi connectivity index (χ0n) is 11.9. The lowest BCUT2D eigenvalue weighted by molar-refractivity contribution is -0.145. The number of anilines is 1. The number of rotatable bonds is 4. The molecule has 1 saturated heterocycles. The Balaban J connectivity index is 1.85. The van der Waals surface area contributed by atoms with Gasteiger partial charge in [0.15, 0.2) is 0 Å². The number of likely N-dealkylation sites (tertiary alicyclic amines) is 1. The first-order valence-electron chi connectivity index (χ1n) is 6.98. The molecule has 0 radical (unpaired) electrons. The topological polar surface area (TPSA) is 69.6 Å². The van der Waals surface area contributed by atoms with Crippen molar-refractivity contribution < 1.29 is 14.7 Å². The first-order valence-corrected chi connectivity index (χ1v) is 7.36. The summed E-state index contributed by atoms with van der Waals surface area (Å²) < 4.78 is 0. The summed E-state index contributed by atoms with van der Waals surface area (Å²) in [6.45, 7) is 3.15. The molecule has 0 spiro atoms. The Morgan fingerprint density at radius 2 is 2.05 bits per heavy atom. The van der Waals surface area contributed by atoms with Crippen LogP contribution in [0, 0.1) is 12.8 Å². The Bertz CT molecular complexity index is 540. The second-order valence-corrected chi connectivity index (χ2v) is 5.74. The Hall–Kier alpha value is -1.75. The van der Waals surface area contributed by atoms with E-state index in [2.05, 4.69) is 5.32 Å². The summed E-state index contributed by atoms with van der Waals surface area (Å²) in [5.74, 6) is -1.11. The molecule has 1 aromatic rings. The van der Waals surface area contributed by atoms with Crippen LogP contribution in [-0.4, -0.2) is 41.5 Å². The number of carboxylic acids is 1. The molecule has 114 valence electrons. The number of aliphatic carboxylic acids is 1. The monoisotopic (exact) mass is 310 g/mol. The third-order valence-corrected chi connectivity index (χ3v) is 4.06. The van der Waals surface area contributed by atoms with Crippen molar-refractivity contribution in [3.8, 4) is 0 Å². The number of piperidine rings is 1. The van der Waals surface area contributed by atoms with E-state index < -0.39 is 5.97 Å². The van der Waals surface area contributed by atoms with Gasteiger partial charge in [-0.3, -0.25) is 9.59 Å². The quantitative estimate of drug-likeness (QED) is 0.896. The summed E-state index contributed by atoms with van der Waals surface area (Å²) in [5, 5.41) is 12.7. The summed E-state index contributed by atoms with van der Waals surface area (Å²) in [7, 11) is 0. The third kappa shape index (κ3) is 4.11. The average Bonchev–Trinajstić information content (AvgIpc) is 2.48. The number of hydrogen-bond donors (Lipinski definition) is 2. The van der Waals surface area contributed by atoms with Gasteiger partial charge in [-0.1, -0.05) is 17.7 Å². The molecule has 1 amide bonds. The van der Waals surface area contributed by atoms with Gasteiger partial charge in [0.1, 0.15) is 0 Å². The maximum Gasteiger partial charge on any atom is 0.306 e. The van der Waals surface area contributed by atoms with Crippen LogP contribution in [0.1, 0.15) is 18.4 Å². The maximum atomic E-state index is 12.1. The Kier molecular flexibility index (Phi) is 5.07. The number of halogens is 1. The van der Waals surface area contributed by atoms with Crippen LogP contribution < -0.4 is 5.32 Å². The van der Waals surface area contributed by atoms with Gasteiger partial charge in [0, 0.05) is 23.8 Å². The lowest BCUT2D eigenvalue weighted by Gasteiger charge is -2.30. The zero-order valence-corrected chi connectivity index (χ0v) is 12.7. The van der Waals surface area contributed by atoms with Crippen LogP contribution in [0.15, 0.2) is 18.2 Å². The Morgan fingerprint density at radius 3 is 2.67 bits per heavy atom. The molecule has 0 atom stereocenters. The predicted molar refractivity (Wildman–Crippen MR) is 81.6 cm³/mol. The number of carbonyl (C=O) groups excluding carboxylic acids is 1. The standard InChI is InChI=1S/C15H19ClN2O3/c1-10-2-3-12(16)8-13(10)17-9-14(19)18-6-4-11(5-7-18)15(20)21/h2-3,8,11,17H,4-7,9H2,1H3,(H,20,21). The number of amides is 1. The summed E-state index contributed by atoms with van der Waals surface area (Å²) in [6, 6.07) is 5.49. The van der Waals surface area contributed by atoms with Gasteiger partial charge in [0.25, 0.3) is 0 Å². The molecule has 1 aromatic carbocycles. The van der Waals surface area contributed by atoms with Crippen LogP contribution in [0.25, 0.3) is 0 Å². The van der Waals surface area contributed by atoms with E-state index in [4.69, 9.17) is 16.7 Å². The summed E-state index contributed by atoms with van der Waals surface area (Å²) >= 11 is 5.94. The highest BCUT2D eigenvalue weighted by Gasteiger charge is 2.26. The van der Waals surface area contributed by atoms with Crippen molar-refractivity contribution in [2.75, 3.05) is 25.0 Å². The first-order chi connectivity index (χ1) is 9.97. The second-order valence-electron chi connectivity index (χ2n) is 5.31. The molecule has 0 aliphatic carbocycles. The van der Waals surface area contributed by atoms with Crippen LogP contribution >= 0.6 is 11.6 Å². The average molecular weight is 311 g/mol. The van der Waals surface area contributed by atoms with E-state index in [0.29, 0.717) is 31.0 Å². The highest BCUT2D eigenvalue weighted by atomic mass is 35.5. The van der Waals surface area contributed by atoms with Gasteiger partial charge in [-0.15, -0.1) is 0 Å². The molecule has 1 aliphatic heterocycles. The fourth-order valence-corrected chi connectivity index (χ4v) is 2.62. The SMILES string of the molecule is Cc1ccc(Cl)cc1NCC(=O)N1CCC(C(=O)O)CC1. The summed E-state index contributed by atoms with van der Waals surface area (Å²) in [4.78, 5) is 24.7. The van der Waals surface area contributed by atoms with Crippen molar-refractivity contribution in [2.24, 2.45) is 5.92 Å². The molecule has 2 rings (SSSR count). The van der Waals surface area contributed by atoms with E-state index >= 15 is 0 Å². The van der Waals surface area contributed by atoms with E-state index in [0.717, 1.165) is 11.3 Å². The predicted octanol–water partition coefficient (Wildman–Crippen LogP) is 2.38. The lowest BCUT2D eigenvalue weighted by Crippen LogP contribution is -2.42. The molecule has 0 aromatic heterocycles. The van der Waals surface area contributed by atoms with Crippen LogP contribution in [0.4, 0.5) is 5.69 Å². The van der Waals surface area contributed by atoms with Crippen molar-refractivity contribution in [2.45, 2.75) is 19.8 Å². The molecule has 6 heteroatoms. The van der Waals surface area contributed by atoms with E-state index in [9.17, 15) is 9.59 Å². The molecule has 0 bridgehead atoms. The van der Waals surface area contributed by atoms with Gasteiger partial charge < -0.3 is 15.3 Å². The fourth-order valence-electron chi connectivity index (χ4n) is 2.44. The number of carbonyl (C=O) groups is 2. The van der Waals surface area contributed by atoms with Gasteiger partial charge in [-0.25, -0.2) is 0 Å². The van der Waals surface area contributed by atoms with Gasteiger partial charge in [0.2, 0.25) is 5.91 Å². The van der Waals surface area contributed by atoms with E-state index in [1.54, 1.807) is 17.0 Å². The van der Waals surface area contributed by atoms with E-state index in [1.165, 1.54) is 0 Å². The van der Waals surface area contributed by atoms with E-state index in [-0.39, 0.29) is 18.4 Å². The Morgan fingerprint density at radius 1 is 1.38 bits per heavy atom. The number of carboxylic acid groups (broad SMARTS) is 1. The molecule has 1 aliphatic rings. The number of aryl methyl sites for hydroxylation is 1. The Labute approximate surface area is 128 Å². The van der Waals surface area contributed by atoms with Crippen LogP contribution in [-0.2, 0) is 9.59 Å². The number of nitrogens with one attached hydrogen (secondary N) is 1. The minimum atomic E-state index is -0.769. The molecule has 21 heavy (non-hydrogen) atoms. The highest BCUT2D eigenvalue weighted by molar-refractivity contribution is 6.30. The molecule has 1 heterocycles. The van der Waals surface area contributed by atoms with Gasteiger partial charge in [-0.2, -0.15) is 0 Å². The molecule has 0 unspecified atom stereocenters. The van der Waals surface area contributed by atoms with Crippen molar-refractivity contribution >= 4 is 29.2 Å². The first kappa shape index (κ1) is 15.6. The van der Waals surface area contributed by atoms with Crippen molar-refractivity contribution in [3.05, 3.63) is 28.8 Å². The minimum absolute atomic E-state index is 0.0155. The molecule has 5 nitrogen and oxygen atoms in total. The van der Waals surface area contributed by atoms with Crippen molar-refractivity contribution in [1.29, 1.82) is 0 Å². The van der Waals surface area contributed by atoms with Crippen LogP contribution in [0.3, 0.4) is 0 Å². The van der Waals surface area contributed by atoms with Crippen LogP contribution in [0.5, 0.6) is 0 Å². The number of hydrogen-bond acceptors (Lipinski definition) is 3. The number of nitrogens with zero attached hydrogens (tertiary/aromatic N) is 1. The fraction of sp³-hybridized carbons (Fsp3) is 0.467. The lowest BCUT2D eigenvalue weighted by atomic mass is 9.97. The van der Waals surface area contributed by atoms with Crippen molar-refractivity contribution in [3.63, 3.8) is 0 Å². The largest absolute Gasteiger partial charge is 0.481 e. The third-order valence-electron chi connectivity index (χ3n) is 3.83. The molecule has 0 saturated carbocycles. The minimum Gasteiger partial charge on any atom is -0.481 e. The normalized spacial score (nSPS) is 15.8. The highest BCUT2D eigenvalue weighted by Crippen LogP contribution is 2.21. The van der Waals surface area contributed by atoms with Crippen LogP contribution in [0.2, 0.25) is 5.02 Å². The molecular formula is C15H19ClN2O3. The van der Waals surface area contributed by atoms with E-state index in [1.807, 2.05) is 13.0 Å². The maximum absolute atomic E-state index is 12.1. The second kappa shape index (κ2) is 6.80. The molecular weight excluding hydrogens is 292 g/mol. The van der Waals surface area contributed by atoms with Crippen molar-refractivity contribution in [1.82, 2.24) is 4.90 Å². The zero-order chi connectivity index (χ0) is 15.4. The number of benzene rings is 1.